The van der Waals surface area contributed by atoms with Crippen LogP contribution in [-0.2, 0) is 9.59 Å². The fourth-order valence-corrected chi connectivity index (χ4v) is 4.11. The first-order chi connectivity index (χ1) is 10.00. The van der Waals surface area contributed by atoms with Crippen LogP contribution in [0.15, 0.2) is 0 Å². The van der Waals surface area contributed by atoms with Gasteiger partial charge in [-0.25, -0.2) is 0 Å². The second kappa shape index (κ2) is 7.03. The average molecular weight is 312 g/mol. The van der Waals surface area contributed by atoms with E-state index in [1.165, 1.54) is 0 Å². The second-order valence-electron chi connectivity index (χ2n) is 6.62. The van der Waals surface area contributed by atoms with E-state index in [0.717, 1.165) is 43.6 Å². The molecule has 120 valence electrons. The van der Waals surface area contributed by atoms with Crippen molar-refractivity contribution in [3.63, 3.8) is 0 Å². The monoisotopic (exact) mass is 312 g/mol. The molecule has 21 heavy (non-hydrogen) atoms. The highest BCUT2D eigenvalue weighted by Gasteiger charge is 2.51. The Morgan fingerprint density at radius 1 is 1.33 bits per heavy atom. The first kappa shape index (κ1) is 16.7. The van der Waals surface area contributed by atoms with E-state index in [1.54, 1.807) is 0 Å². The van der Waals surface area contributed by atoms with Crippen molar-refractivity contribution in [3.05, 3.63) is 0 Å². The number of carbonyl (C=O) groups is 2. The quantitative estimate of drug-likeness (QED) is 0.766. The normalized spacial score (nSPS) is 25.0. The third-order valence-electron chi connectivity index (χ3n) is 4.54. The molecule has 0 radical (unpaired) electrons. The Balaban J connectivity index is 2.16. The van der Waals surface area contributed by atoms with E-state index in [4.69, 9.17) is 0 Å². The molecule has 0 aromatic heterocycles. The molecule has 4 nitrogen and oxygen atoms in total. The van der Waals surface area contributed by atoms with Gasteiger partial charge in [0.1, 0.15) is 11.6 Å². The molecule has 5 heteroatoms. The first-order valence-electron chi connectivity index (χ1n) is 8.21. The van der Waals surface area contributed by atoms with Gasteiger partial charge in [0.25, 0.3) is 0 Å². The minimum atomic E-state index is -0.582. The Bertz CT molecular complexity index is 392. The van der Waals surface area contributed by atoms with E-state index in [1.807, 2.05) is 16.7 Å². The average Bonchev–Trinajstić information content (AvgIpc) is 2.88. The first-order valence-corrected chi connectivity index (χ1v) is 9.36. The smallest absolute Gasteiger partial charge is 0.249 e. The predicted octanol–water partition coefficient (Wildman–Crippen LogP) is 2.43. The summed E-state index contributed by atoms with van der Waals surface area (Å²) < 4.78 is 0. The molecule has 0 bridgehead atoms. The third-order valence-corrected chi connectivity index (χ3v) is 5.42. The van der Waals surface area contributed by atoms with Crippen molar-refractivity contribution in [2.24, 2.45) is 5.92 Å². The molecule has 2 fully saturated rings. The van der Waals surface area contributed by atoms with Crippen LogP contribution in [0.25, 0.3) is 0 Å². The van der Waals surface area contributed by atoms with Crippen LogP contribution in [0, 0.1) is 5.92 Å². The molecule has 1 unspecified atom stereocenters. The number of nitrogens with zero attached hydrogens (tertiary/aromatic N) is 1. The van der Waals surface area contributed by atoms with Crippen molar-refractivity contribution < 1.29 is 9.59 Å². The Kier molecular flexibility index (Phi) is 5.58. The van der Waals surface area contributed by atoms with Gasteiger partial charge < -0.3 is 10.2 Å². The van der Waals surface area contributed by atoms with Crippen molar-refractivity contribution in [1.29, 1.82) is 0 Å². The lowest BCUT2D eigenvalue weighted by molar-refractivity contribution is -0.155. The lowest BCUT2D eigenvalue weighted by Crippen LogP contribution is -2.69. The maximum atomic E-state index is 13.0. The largest absolute Gasteiger partial charge is 0.340 e. The van der Waals surface area contributed by atoms with Crippen LogP contribution in [0.2, 0.25) is 0 Å². The molecule has 2 amide bonds. The summed E-state index contributed by atoms with van der Waals surface area (Å²) in [6.45, 7) is 7.04. The summed E-state index contributed by atoms with van der Waals surface area (Å²) in [6, 6.07) is -0.277. The maximum Gasteiger partial charge on any atom is 0.249 e. The topological polar surface area (TPSA) is 49.4 Å². The van der Waals surface area contributed by atoms with Crippen LogP contribution in [-0.4, -0.2) is 46.3 Å². The zero-order valence-electron chi connectivity index (χ0n) is 13.5. The highest BCUT2D eigenvalue weighted by Crippen LogP contribution is 2.35. The molecule has 1 saturated heterocycles. The van der Waals surface area contributed by atoms with Gasteiger partial charge in [-0.1, -0.05) is 33.6 Å². The highest BCUT2D eigenvalue weighted by atomic mass is 32.2. The van der Waals surface area contributed by atoms with Gasteiger partial charge in [0.15, 0.2) is 0 Å². The highest BCUT2D eigenvalue weighted by molar-refractivity contribution is 7.99. The molecule has 1 heterocycles. The lowest BCUT2D eigenvalue weighted by Gasteiger charge is -2.45. The summed E-state index contributed by atoms with van der Waals surface area (Å²) in [6.07, 6.45) is 4.45. The van der Waals surface area contributed by atoms with Gasteiger partial charge in [-0.15, -0.1) is 0 Å². The number of carbonyl (C=O) groups excluding carboxylic acids is 2. The number of piperazine rings is 1. The third kappa shape index (κ3) is 3.55. The Morgan fingerprint density at radius 2 is 2.00 bits per heavy atom. The van der Waals surface area contributed by atoms with Gasteiger partial charge in [-0.2, -0.15) is 11.8 Å². The molecule has 0 aromatic carbocycles. The van der Waals surface area contributed by atoms with Gasteiger partial charge in [0, 0.05) is 12.3 Å². The molecule has 1 atom stereocenters. The van der Waals surface area contributed by atoms with Gasteiger partial charge in [-0.3, -0.25) is 9.59 Å². The fourth-order valence-electron chi connectivity index (χ4n) is 3.49. The number of thioether (sulfide) groups is 1. The second-order valence-corrected chi connectivity index (χ2v) is 8.01. The predicted molar refractivity (Wildman–Crippen MR) is 87.3 cm³/mol. The summed E-state index contributed by atoms with van der Waals surface area (Å²) in [5.41, 5.74) is -0.582. The SMILES string of the molecule is CCSCCN1C(=O)C2(CCCC2)NC(=O)C1CC(C)C. The molecule has 0 aromatic rings. The molecule has 1 aliphatic carbocycles. The van der Waals surface area contributed by atoms with Crippen molar-refractivity contribution in [2.75, 3.05) is 18.1 Å². The number of nitrogens with one attached hydrogen (secondary N) is 1. The summed E-state index contributed by atoms with van der Waals surface area (Å²) in [5.74, 6) is 2.61. The van der Waals surface area contributed by atoms with Crippen LogP contribution in [0.5, 0.6) is 0 Å². The molecule has 1 saturated carbocycles. The minimum absolute atomic E-state index is 0.0618. The van der Waals surface area contributed by atoms with E-state index in [2.05, 4.69) is 26.1 Å². The van der Waals surface area contributed by atoms with Crippen LogP contribution < -0.4 is 5.32 Å². The van der Waals surface area contributed by atoms with Crippen LogP contribution in [0.4, 0.5) is 0 Å². The van der Waals surface area contributed by atoms with E-state index in [-0.39, 0.29) is 17.9 Å². The summed E-state index contributed by atoms with van der Waals surface area (Å²) in [7, 11) is 0. The van der Waals surface area contributed by atoms with Gasteiger partial charge >= 0.3 is 0 Å². The van der Waals surface area contributed by atoms with Gasteiger partial charge in [0.05, 0.1) is 0 Å². The lowest BCUT2D eigenvalue weighted by atomic mass is 9.88. The van der Waals surface area contributed by atoms with Crippen LogP contribution in [0.3, 0.4) is 0 Å². The summed E-state index contributed by atoms with van der Waals surface area (Å²) in [4.78, 5) is 27.4. The molecular formula is C16H28N2O2S. The van der Waals surface area contributed by atoms with E-state index in [9.17, 15) is 9.59 Å². The van der Waals surface area contributed by atoms with Crippen molar-refractivity contribution >= 4 is 23.6 Å². The minimum Gasteiger partial charge on any atom is -0.340 e. The van der Waals surface area contributed by atoms with Crippen molar-refractivity contribution in [3.8, 4) is 0 Å². The van der Waals surface area contributed by atoms with Gasteiger partial charge in [-0.05, 0) is 30.9 Å². The van der Waals surface area contributed by atoms with E-state index in [0.29, 0.717) is 12.5 Å². The zero-order valence-corrected chi connectivity index (χ0v) is 14.3. The maximum absolute atomic E-state index is 13.0. The summed E-state index contributed by atoms with van der Waals surface area (Å²) >= 11 is 1.83. The molecule has 1 spiro atoms. The fraction of sp³-hybridized carbons (Fsp3) is 0.875. The Labute approximate surface area is 132 Å². The van der Waals surface area contributed by atoms with Crippen molar-refractivity contribution in [2.45, 2.75) is 64.5 Å². The van der Waals surface area contributed by atoms with E-state index >= 15 is 0 Å². The number of rotatable bonds is 6. The van der Waals surface area contributed by atoms with Gasteiger partial charge in [0.2, 0.25) is 11.8 Å². The standard InChI is InChI=1S/C16H28N2O2S/c1-4-21-10-9-18-13(11-12(2)3)14(19)17-16(15(18)20)7-5-6-8-16/h12-13H,4-11H2,1-3H3,(H,17,19). The Morgan fingerprint density at radius 3 is 2.57 bits per heavy atom. The van der Waals surface area contributed by atoms with E-state index < -0.39 is 5.54 Å². The number of hydrogen-bond donors (Lipinski definition) is 1. The van der Waals surface area contributed by atoms with Crippen LogP contribution >= 0.6 is 11.8 Å². The molecule has 2 aliphatic rings. The molecule has 1 N–H and O–H groups in total. The molecule has 2 rings (SSSR count). The van der Waals surface area contributed by atoms with Crippen LogP contribution in [0.1, 0.15) is 52.9 Å². The summed E-state index contributed by atoms with van der Waals surface area (Å²) in [5, 5.41) is 3.08. The molecular weight excluding hydrogens is 284 g/mol. The number of hydrogen-bond acceptors (Lipinski definition) is 3. The van der Waals surface area contributed by atoms with Crippen molar-refractivity contribution in [1.82, 2.24) is 10.2 Å². The number of amides is 2. The Hall–Kier alpha value is -0.710. The molecule has 1 aliphatic heterocycles. The zero-order chi connectivity index (χ0) is 15.5.